The summed E-state index contributed by atoms with van der Waals surface area (Å²) < 4.78 is 37.6. The molecule has 47 heavy (non-hydrogen) atoms. The predicted molar refractivity (Wildman–Crippen MR) is 189 cm³/mol. The Morgan fingerprint density at radius 2 is 1.68 bits per heavy atom. The second-order valence-corrected chi connectivity index (χ2v) is 18.6. The summed E-state index contributed by atoms with van der Waals surface area (Å²) >= 11 is 0. The third-order valence-corrected chi connectivity index (χ3v) is 11.6. The number of aromatic nitrogens is 2. The fraction of sp³-hybridized carbons (Fsp3) is 0.722. The van der Waals surface area contributed by atoms with Crippen LogP contribution in [0.4, 0.5) is 5.69 Å². The Hall–Kier alpha value is -2.15. The van der Waals surface area contributed by atoms with Gasteiger partial charge in [-0.25, -0.2) is 18.4 Å². The molecule has 262 valence electrons. The molecule has 5 unspecified atom stereocenters. The first-order valence-corrected chi connectivity index (χ1v) is 19.1. The van der Waals surface area contributed by atoms with E-state index in [4.69, 9.17) is 14.7 Å². The van der Waals surface area contributed by atoms with Gasteiger partial charge >= 0.3 is 0 Å². The fourth-order valence-corrected chi connectivity index (χ4v) is 9.14. The van der Waals surface area contributed by atoms with Crippen LogP contribution >= 0.6 is 0 Å². The smallest absolute Gasteiger partial charge is 0.216 e. The molecule has 6 atom stereocenters. The first kappa shape index (κ1) is 36.1. The summed E-state index contributed by atoms with van der Waals surface area (Å²) in [6.07, 6.45) is 7.65. The van der Waals surface area contributed by atoms with Crippen LogP contribution in [0.15, 0.2) is 30.6 Å². The van der Waals surface area contributed by atoms with Crippen LogP contribution in [0.3, 0.4) is 0 Å². The van der Waals surface area contributed by atoms with Gasteiger partial charge in [-0.05, 0) is 73.0 Å². The van der Waals surface area contributed by atoms with Crippen LogP contribution < -0.4 is 20.7 Å². The van der Waals surface area contributed by atoms with E-state index in [1.807, 2.05) is 12.4 Å². The van der Waals surface area contributed by atoms with Crippen molar-refractivity contribution in [1.29, 1.82) is 0 Å². The van der Waals surface area contributed by atoms with Crippen molar-refractivity contribution in [1.82, 2.24) is 30.2 Å². The highest BCUT2D eigenvalue weighted by Gasteiger charge is 2.39. The molecular weight excluding hydrogens is 611 g/mol. The summed E-state index contributed by atoms with van der Waals surface area (Å²) in [5.74, 6) is 1.02. The van der Waals surface area contributed by atoms with Gasteiger partial charge in [0.05, 0.1) is 36.5 Å². The molecule has 2 aromatic rings. The van der Waals surface area contributed by atoms with Gasteiger partial charge < -0.3 is 10.1 Å². The summed E-state index contributed by atoms with van der Waals surface area (Å²) in [7, 11) is -3.59. The number of ether oxygens (including phenoxy) is 1. The highest BCUT2D eigenvalue weighted by molar-refractivity contribution is 7.90. The highest BCUT2D eigenvalue weighted by Crippen LogP contribution is 2.34. The molecule has 4 N–H and O–H groups in total. The van der Waals surface area contributed by atoms with Gasteiger partial charge in [-0.1, -0.05) is 66.2 Å². The summed E-state index contributed by atoms with van der Waals surface area (Å²) in [6.45, 7) is 20.4. The molecule has 2 saturated heterocycles. The number of rotatable bonds is 6. The monoisotopic (exact) mass is 669 g/mol. The molecule has 0 radical (unpaired) electrons. The van der Waals surface area contributed by atoms with E-state index in [1.54, 1.807) is 0 Å². The maximum Gasteiger partial charge on any atom is 0.216 e. The zero-order chi connectivity index (χ0) is 34.0. The lowest BCUT2D eigenvalue weighted by atomic mass is 9.85. The van der Waals surface area contributed by atoms with Gasteiger partial charge in [-0.2, -0.15) is 4.72 Å². The van der Waals surface area contributed by atoms with Gasteiger partial charge in [-0.3, -0.25) is 15.5 Å². The van der Waals surface area contributed by atoms with Crippen LogP contribution in [0.2, 0.25) is 0 Å². The molecule has 1 aromatic heterocycles. The molecule has 11 heteroatoms. The number of nitrogens with one attached hydrogen (secondary N) is 4. The van der Waals surface area contributed by atoms with Crippen molar-refractivity contribution < 1.29 is 13.2 Å². The standard InChI is InChI=1S/C36H59N7O3S/c1-24-11-9-12-25(2)33(24)30-16-32-41-34(40-30)42-47(44,45)29-14-10-13-26(15-29)20-43(28(22-46-32)17-35(3,4)5)21-31-37-18-27(19-38-31)39-23-36(6,7)8/h9,11-12,18-19,26,28-30,32,34,39-42H,10,13-17,20-23H2,1-8H3/t26?,28-,29?,30?,32?,34?/m1/s1. The molecule has 0 spiro atoms. The summed E-state index contributed by atoms with van der Waals surface area (Å²) in [5.41, 5.74) is 4.72. The number of sulfonamides is 1. The average Bonchev–Trinajstić information content (AvgIpc) is 2.97. The van der Waals surface area contributed by atoms with E-state index in [0.717, 1.165) is 43.9 Å². The second kappa shape index (κ2) is 14.8. The van der Waals surface area contributed by atoms with E-state index in [1.165, 1.54) is 16.7 Å². The molecule has 1 saturated carbocycles. The van der Waals surface area contributed by atoms with Crippen LogP contribution in [-0.2, 0) is 21.3 Å². The van der Waals surface area contributed by atoms with Crippen LogP contribution in [-0.4, -0.2) is 66.8 Å². The van der Waals surface area contributed by atoms with Crippen molar-refractivity contribution in [2.45, 2.75) is 130 Å². The van der Waals surface area contributed by atoms with E-state index in [2.05, 4.69) is 99.2 Å². The normalized spacial score (nSPS) is 29.3. The quantitative estimate of drug-likeness (QED) is 0.312. The summed E-state index contributed by atoms with van der Waals surface area (Å²) in [6, 6.07) is 6.37. The van der Waals surface area contributed by atoms with Crippen molar-refractivity contribution >= 4 is 15.7 Å². The zero-order valence-electron chi connectivity index (χ0n) is 29.9. The lowest BCUT2D eigenvalue weighted by Gasteiger charge is -2.40. The highest BCUT2D eigenvalue weighted by atomic mass is 32.2. The minimum atomic E-state index is -3.59. The number of benzene rings is 1. The number of fused-ring (bicyclic) bond motifs is 4. The van der Waals surface area contributed by atoms with Crippen molar-refractivity contribution in [3.63, 3.8) is 0 Å². The molecule has 0 amide bonds. The minimum Gasteiger partial charge on any atom is -0.382 e. The predicted octanol–water partition coefficient (Wildman–Crippen LogP) is 5.60. The Bertz CT molecular complexity index is 1420. The molecule has 10 nitrogen and oxygen atoms in total. The Balaban J connectivity index is 1.45. The van der Waals surface area contributed by atoms with Gasteiger partial charge in [0.15, 0.2) is 0 Å². The van der Waals surface area contributed by atoms with E-state index >= 15 is 0 Å². The molecule has 2 aliphatic heterocycles. The topological polar surface area (TPSA) is 121 Å². The molecule has 4 bridgehead atoms. The van der Waals surface area contributed by atoms with Crippen molar-refractivity contribution in [3.8, 4) is 0 Å². The van der Waals surface area contributed by atoms with Crippen molar-refractivity contribution in [2.75, 3.05) is 25.0 Å². The van der Waals surface area contributed by atoms with Gasteiger partial charge in [-0.15, -0.1) is 0 Å². The molecule has 3 fully saturated rings. The summed E-state index contributed by atoms with van der Waals surface area (Å²) in [4.78, 5) is 12.0. The van der Waals surface area contributed by atoms with Crippen molar-refractivity contribution in [2.24, 2.45) is 16.7 Å². The van der Waals surface area contributed by atoms with Gasteiger partial charge in [0.2, 0.25) is 10.0 Å². The fourth-order valence-electron chi connectivity index (χ4n) is 7.48. The van der Waals surface area contributed by atoms with Crippen molar-refractivity contribution in [3.05, 3.63) is 53.1 Å². The lowest BCUT2D eigenvalue weighted by Crippen LogP contribution is -2.64. The van der Waals surface area contributed by atoms with E-state index in [0.29, 0.717) is 32.4 Å². The zero-order valence-corrected chi connectivity index (χ0v) is 30.7. The van der Waals surface area contributed by atoms with Crippen LogP contribution in [0.5, 0.6) is 0 Å². The van der Waals surface area contributed by atoms with Gasteiger partial charge in [0.1, 0.15) is 18.3 Å². The van der Waals surface area contributed by atoms with Crippen LogP contribution in [0, 0.1) is 30.6 Å². The van der Waals surface area contributed by atoms with Crippen LogP contribution in [0.1, 0.15) is 109 Å². The molecule has 1 aliphatic carbocycles. The van der Waals surface area contributed by atoms with Gasteiger partial charge in [0.25, 0.3) is 0 Å². The largest absolute Gasteiger partial charge is 0.382 e. The lowest BCUT2D eigenvalue weighted by molar-refractivity contribution is -0.0518. The maximum atomic E-state index is 13.9. The number of anilines is 1. The number of nitrogens with zero attached hydrogens (tertiary/aromatic N) is 3. The molecule has 5 rings (SSSR count). The Kier molecular flexibility index (Phi) is 11.4. The number of aryl methyl sites for hydroxylation is 2. The van der Waals surface area contributed by atoms with Crippen LogP contribution in [0.25, 0.3) is 0 Å². The second-order valence-electron chi connectivity index (χ2n) is 16.6. The average molecular weight is 670 g/mol. The molecule has 1 aromatic carbocycles. The molecule has 3 aliphatic rings. The first-order valence-electron chi connectivity index (χ1n) is 17.5. The van der Waals surface area contributed by atoms with E-state index < -0.39 is 21.6 Å². The summed E-state index contributed by atoms with van der Waals surface area (Å²) in [5, 5.41) is 10.1. The van der Waals surface area contributed by atoms with Gasteiger partial charge in [0, 0.05) is 31.6 Å². The number of hydrogen-bond donors (Lipinski definition) is 4. The number of hydrogen-bond acceptors (Lipinski definition) is 9. The van der Waals surface area contributed by atoms with E-state index in [-0.39, 0.29) is 35.1 Å². The Morgan fingerprint density at radius 1 is 0.979 bits per heavy atom. The first-order chi connectivity index (χ1) is 22.0. The Morgan fingerprint density at radius 3 is 2.34 bits per heavy atom. The Labute approximate surface area is 283 Å². The third-order valence-electron chi connectivity index (χ3n) is 9.74. The van der Waals surface area contributed by atoms with E-state index in [9.17, 15) is 8.42 Å². The minimum absolute atomic E-state index is 0.0599. The SMILES string of the molecule is Cc1cccc(C)c1C1CC2NC(N1)NS(=O)(=O)C1CCCC(C1)CN(Cc1ncc(NCC(C)(C)C)cn1)[C@H](CC(C)(C)C)CO2. The molecule has 3 heterocycles. The third kappa shape index (κ3) is 10.2. The molecular formula is C36H59N7O3S. The maximum absolute atomic E-state index is 13.9.